The highest BCUT2D eigenvalue weighted by molar-refractivity contribution is 5.76. The van der Waals surface area contributed by atoms with E-state index in [1.807, 2.05) is 0 Å². The molecule has 0 bridgehead atoms. The van der Waals surface area contributed by atoms with E-state index in [1.165, 1.54) is 19.3 Å². The van der Waals surface area contributed by atoms with Gasteiger partial charge in [-0.1, -0.05) is 12.8 Å². The smallest absolute Gasteiger partial charge is 0.220 e. The first-order chi connectivity index (χ1) is 7.74. The third-order valence-corrected chi connectivity index (χ3v) is 3.72. The van der Waals surface area contributed by atoms with Gasteiger partial charge in [-0.05, 0) is 51.1 Å². The number of rotatable bonds is 5. The molecule has 3 nitrogen and oxygen atoms in total. The molecule has 2 aliphatic rings. The Balaban J connectivity index is 1.62. The van der Waals surface area contributed by atoms with E-state index in [1.54, 1.807) is 0 Å². The molecule has 2 rings (SSSR count). The first kappa shape index (κ1) is 11.9. The number of piperidine rings is 1. The highest BCUT2D eigenvalue weighted by Gasteiger charge is 2.24. The van der Waals surface area contributed by atoms with Gasteiger partial charge in [-0.25, -0.2) is 0 Å². The number of hydrogen-bond acceptors (Lipinski definition) is 2. The topological polar surface area (TPSA) is 41.1 Å². The van der Waals surface area contributed by atoms with Crippen molar-refractivity contribution in [3.8, 4) is 0 Å². The summed E-state index contributed by atoms with van der Waals surface area (Å²) in [5.41, 5.74) is 0. The van der Waals surface area contributed by atoms with Crippen LogP contribution < -0.4 is 10.6 Å². The van der Waals surface area contributed by atoms with Crippen LogP contribution in [-0.2, 0) is 4.79 Å². The summed E-state index contributed by atoms with van der Waals surface area (Å²) in [5.74, 6) is 1.77. The first-order valence-corrected chi connectivity index (χ1v) is 6.74. The Morgan fingerprint density at radius 2 is 1.94 bits per heavy atom. The van der Waals surface area contributed by atoms with Crippen LogP contribution in [0.15, 0.2) is 0 Å². The summed E-state index contributed by atoms with van der Waals surface area (Å²) in [7, 11) is 0. The lowest BCUT2D eigenvalue weighted by Gasteiger charge is -2.23. The molecule has 1 heterocycles. The number of carbonyl (C=O) groups excluding carboxylic acids is 1. The second kappa shape index (κ2) is 5.67. The largest absolute Gasteiger partial charge is 0.354 e. The molecule has 1 saturated heterocycles. The summed E-state index contributed by atoms with van der Waals surface area (Å²) < 4.78 is 0. The van der Waals surface area contributed by atoms with Crippen molar-refractivity contribution in [1.82, 2.24) is 10.6 Å². The van der Waals surface area contributed by atoms with Crippen LogP contribution in [0, 0.1) is 11.8 Å². The van der Waals surface area contributed by atoms with Gasteiger partial charge in [0.2, 0.25) is 5.91 Å². The fraction of sp³-hybridized carbons (Fsp3) is 0.923. The molecule has 1 saturated carbocycles. The number of carbonyl (C=O) groups is 1. The van der Waals surface area contributed by atoms with Gasteiger partial charge in [-0.15, -0.1) is 0 Å². The summed E-state index contributed by atoms with van der Waals surface area (Å²) in [6.07, 6.45) is 6.96. The molecule has 1 atom stereocenters. The predicted molar refractivity (Wildman–Crippen MR) is 65.2 cm³/mol. The van der Waals surface area contributed by atoms with Gasteiger partial charge in [0, 0.05) is 12.5 Å². The Bertz CT molecular complexity index is 232. The van der Waals surface area contributed by atoms with Gasteiger partial charge in [0.15, 0.2) is 0 Å². The minimum atomic E-state index is 0.264. The molecule has 16 heavy (non-hydrogen) atoms. The lowest BCUT2D eigenvalue weighted by Crippen LogP contribution is -2.36. The van der Waals surface area contributed by atoms with Gasteiger partial charge >= 0.3 is 0 Å². The average molecular weight is 224 g/mol. The van der Waals surface area contributed by atoms with Crippen LogP contribution in [0.5, 0.6) is 0 Å². The van der Waals surface area contributed by atoms with Crippen LogP contribution in [0.3, 0.4) is 0 Å². The molecule has 1 unspecified atom stereocenters. The standard InChI is InChI=1S/C13H24N2O/c1-10(8-11-2-3-11)15-13(16)9-12-4-6-14-7-5-12/h10-12,14H,2-9H2,1H3,(H,15,16). The summed E-state index contributed by atoms with van der Waals surface area (Å²) in [6.45, 7) is 4.30. The number of amides is 1. The van der Waals surface area contributed by atoms with E-state index in [0.29, 0.717) is 12.0 Å². The van der Waals surface area contributed by atoms with Crippen molar-refractivity contribution in [2.24, 2.45) is 11.8 Å². The zero-order valence-electron chi connectivity index (χ0n) is 10.3. The molecule has 0 aromatic rings. The summed E-state index contributed by atoms with van der Waals surface area (Å²) >= 11 is 0. The summed E-state index contributed by atoms with van der Waals surface area (Å²) in [5, 5.41) is 6.47. The molecular formula is C13H24N2O. The second-order valence-corrected chi connectivity index (χ2v) is 5.55. The molecule has 0 spiro atoms. The molecular weight excluding hydrogens is 200 g/mol. The predicted octanol–water partition coefficient (Wildman–Crippen LogP) is 1.68. The van der Waals surface area contributed by atoms with E-state index in [0.717, 1.165) is 38.3 Å². The molecule has 1 amide bonds. The fourth-order valence-corrected chi connectivity index (χ4v) is 2.59. The monoisotopic (exact) mass is 224 g/mol. The minimum Gasteiger partial charge on any atom is -0.354 e. The van der Waals surface area contributed by atoms with Gasteiger partial charge in [0.05, 0.1) is 0 Å². The van der Waals surface area contributed by atoms with Crippen LogP contribution in [0.1, 0.15) is 45.4 Å². The second-order valence-electron chi connectivity index (χ2n) is 5.55. The first-order valence-electron chi connectivity index (χ1n) is 6.74. The van der Waals surface area contributed by atoms with Crippen molar-refractivity contribution >= 4 is 5.91 Å². The van der Waals surface area contributed by atoms with Gasteiger partial charge in [-0.2, -0.15) is 0 Å². The van der Waals surface area contributed by atoms with Crippen LogP contribution in [0.2, 0.25) is 0 Å². The number of hydrogen-bond donors (Lipinski definition) is 2. The maximum atomic E-state index is 11.8. The summed E-state index contributed by atoms with van der Waals surface area (Å²) in [4.78, 5) is 11.8. The lowest BCUT2D eigenvalue weighted by molar-refractivity contribution is -0.122. The van der Waals surface area contributed by atoms with Crippen molar-refractivity contribution in [1.29, 1.82) is 0 Å². The third kappa shape index (κ3) is 4.12. The van der Waals surface area contributed by atoms with Crippen molar-refractivity contribution in [2.75, 3.05) is 13.1 Å². The van der Waals surface area contributed by atoms with Crippen LogP contribution in [0.25, 0.3) is 0 Å². The Hall–Kier alpha value is -0.570. The molecule has 92 valence electrons. The third-order valence-electron chi connectivity index (χ3n) is 3.72. The molecule has 1 aliphatic carbocycles. The van der Waals surface area contributed by atoms with Crippen LogP contribution >= 0.6 is 0 Å². The minimum absolute atomic E-state index is 0.264. The Morgan fingerprint density at radius 1 is 1.25 bits per heavy atom. The highest BCUT2D eigenvalue weighted by atomic mass is 16.1. The van der Waals surface area contributed by atoms with Crippen molar-refractivity contribution in [2.45, 2.75) is 51.5 Å². The number of nitrogens with one attached hydrogen (secondary N) is 2. The summed E-state index contributed by atoms with van der Waals surface area (Å²) in [6, 6.07) is 0.377. The van der Waals surface area contributed by atoms with Gasteiger partial charge in [0.1, 0.15) is 0 Å². The normalized spacial score (nSPS) is 24.1. The fourth-order valence-electron chi connectivity index (χ4n) is 2.59. The van der Waals surface area contributed by atoms with E-state index < -0.39 is 0 Å². The van der Waals surface area contributed by atoms with Gasteiger partial charge in [-0.3, -0.25) is 4.79 Å². The van der Waals surface area contributed by atoms with Gasteiger partial charge in [0.25, 0.3) is 0 Å². The van der Waals surface area contributed by atoms with E-state index in [4.69, 9.17) is 0 Å². The van der Waals surface area contributed by atoms with E-state index >= 15 is 0 Å². The van der Waals surface area contributed by atoms with Crippen molar-refractivity contribution in [3.05, 3.63) is 0 Å². The van der Waals surface area contributed by atoms with Crippen LogP contribution in [-0.4, -0.2) is 25.0 Å². The Morgan fingerprint density at radius 3 is 2.56 bits per heavy atom. The van der Waals surface area contributed by atoms with E-state index in [2.05, 4.69) is 17.6 Å². The van der Waals surface area contributed by atoms with Gasteiger partial charge < -0.3 is 10.6 Å². The van der Waals surface area contributed by atoms with Crippen LogP contribution in [0.4, 0.5) is 0 Å². The zero-order chi connectivity index (χ0) is 11.4. The lowest BCUT2D eigenvalue weighted by atomic mass is 9.94. The Labute approximate surface area is 98.4 Å². The molecule has 1 aliphatic heterocycles. The van der Waals surface area contributed by atoms with E-state index in [9.17, 15) is 4.79 Å². The molecule has 0 aromatic carbocycles. The SMILES string of the molecule is CC(CC1CC1)NC(=O)CC1CCNCC1. The molecule has 2 N–H and O–H groups in total. The molecule has 0 aromatic heterocycles. The maximum Gasteiger partial charge on any atom is 0.220 e. The molecule has 2 fully saturated rings. The highest BCUT2D eigenvalue weighted by Crippen LogP contribution is 2.33. The average Bonchev–Trinajstić information content (AvgIpc) is 3.02. The molecule has 3 heteroatoms. The van der Waals surface area contributed by atoms with E-state index in [-0.39, 0.29) is 5.91 Å². The van der Waals surface area contributed by atoms with Crippen molar-refractivity contribution in [3.63, 3.8) is 0 Å². The van der Waals surface area contributed by atoms with Crippen molar-refractivity contribution < 1.29 is 4.79 Å². The molecule has 0 radical (unpaired) electrons. The Kier molecular flexibility index (Phi) is 4.22. The quantitative estimate of drug-likeness (QED) is 0.746. The zero-order valence-corrected chi connectivity index (χ0v) is 10.3. The maximum absolute atomic E-state index is 11.8.